The normalized spacial score (nSPS) is 19.3. The summed E-state index contributed by atoms with van der Waals surface area (Å²) in [5.74, 6) is 1.33. The Morgan fingerprint density at radius 3 is 2.64 bits per heavy atom. The molecule has 1 unspecified atom stereocenters. The van der Waals surface area contributed by atoms with Crippen LogP contribution in [0.1, 0.15) is 25.7 Å². The number of carbonyl (C=O) groups is 2. The Hall–Kier alpha value is -4.01. The van der Waals surface area contributed by atoms with Crippen LogP contribution in [0.2, 0.25) is 0 Å². The fraction of sp³-hybridized carbons (Fsp3) is 0.292. The van der Waals surface area contributed by atoms with Crippen molar-refractivity contribution < 1.29 is 14.3 Å². The standard InChI is InChI=1S/C24H22N6O3/c31-22-2-1-11-29(22)17-5-3-15(4-6-17)19-8-9-21(28-27-19)26-16-12-20-24(25-13-16)33-14-18-7-10-23(32)30(18)20/h3-6,8-9,12-13,18H,1-2,7,10-11,14H2,(H,26,28). The summed E-state index contributed by atoms with van der Waals surface area (Å²) in [7, 11) is 0. The molecule has 2 aromatic heterocycles. The smallest absolute Gasteiger partial charge is 0.238 e. The molecule has 33 heavy (non-hydrogen) atoms. The molecule has 6 rings (SSSR count). The summed E-state index contributed by atoms with van der Waals surface area (Å²) >= 11 is 0. The van der Waals surface area contributed by atoms with Crippen LogP contribution in [0, 0.1) is 0 Å². The maximum atomic E-state index is 12.3. The van der Waals surface area contributed by atoms with Crippen LogP contribution >= 0.6 is 0 Å². The second-order valence-corrected chi connectivity index (χ2v) is 8.44. The van der Waals surface area contributed by atoms with Crippen LogP contribution in [0.5, 0.6) is 5.88 Å². The third kappa shape index (κ3) is 3.55. The van der Waals surface area contributed by atoms with Crippen molar-refractivity contribution in [3.63, 3.8) is 0 Å². The lowest BCUT2D eigenvalue weighted by molar-refractivity contribution is -0.118. The summed E-state index contributed by atoms with van der Waals surface area (Å²) in [6.45, 7) is 1.26. The van der Waals surface area contributed by atoms with Gasteiger partial charge in [-0.3, -0.25) is 9.59 Å². The van der Waals surface area contributed by atoms with Gasteiger partial charge in [0.15, 0.2) is 5.82 Å². The van der Waals surface area contributed by atoms with Crippen molar-refractivity contribution in [3.05, 3.63) is 48.7 Å². The number of fused-ring (bicyclic) bond motifs is 3. The summed E-state index contributed by atoms with van der Waals surface area (Å²) in [4.78, 5) is 32.2. The number of hydrogen-bond donors (Lipinski definition) is 1. The van der Waals surface area contributed by atoms with E-state index in [-0.39, 0.29) is 17.9 Å². The molecule has 0 bridgehead atoms. The molecule has 5 heterocycles. The first-order chi connectivity index (χ1) is 16.2. The lowest BCUT2D eigenvalue weighted by atomic mass is 10.1. The molecule has 0 saturated carbocycles. The van der Waals surface area contributed by atoms with Crippen molar-refractivity contribution in [2.24, 2.45) is 0 Å². The average Bonchev–Trinajstić information content (AvgIpc) is 3.45. The Bertz CT molecular complexity index is 1230. The maximum absolute atomic E-state index is 12.3. The van der Waals surface area contributed by atoms with Crippen LogP contribution in [0.25, 0.3) is 11.3 Å². The van der Waals surface area contributed by atoms with E-state index >= 15 is 0 Å². The molecule has 1 N–H and O–H groups in total. The minimum atomic E-state index is 0.0797. The van der Waals surface area contributed by atoms with E-state index < -0.39 is 0 Å². The number of benzene rings is 1. The summed E-state index contributed by atoms with van der Waals surface area (Å²) in [5, 5.41) is 11.8. The van der Waals surface area contributed by atoms with Crippen molar-refractivity contribution in [2.75, 3.05) is 28.3 Å². The molecule has 9 heteroatoms. The predicted molar refractivity (Wildman–Crippen MR) is 123 cm³/mol. The highest BCUT2D eigenvalue weighted by atomic mass is 16.5. The first-order valence-corrected chi connectivity index (χ1v) is 11.1. The van der Waals surface area contributed by atoms with Gasteiger partial charge in [-0.15, -0.1) is 10.2 Å². The van der Waals surface area contributed by atoms with Gasteiger partial charge in [-0.25, -0.2) is 4.98 Å². The summed E-state index contributed by atoms with van der Waals surface area (Å²) < 4.78 is 5.72. The van der Waals surface area contributed by atoms with Crippen molar-refractivity contribution in [3.8, 4) is 17.1 Å². The molecule has 2 saturated heterocycles. The molecule has 3 aliphatic rings. The zero-order valence-electron chi connectivity index (χ0n) is 17.9. The predicted octanol–water partition coefficient (Wildman–Crippen LogP) is 3.30. The van der Waals surface area contributed by atoms with Gasteiger partial charge in [0.1, 0.15) is 12.3 Å². The van der Waals surface area contributed by atoms with Gasteiger partial charge in [0.05, 0.1) is 23.6 Å². The van der Waals surface area contributed by atoms with Gasteiger partial charge in [-0.05, 0) is 43.2 Å². The Morgan fingerprint density at radius 1 is 1.00 bits per heavy atom. The molecule has 0 spiro atoms. The van der Waals surface area contributed by atoms with Crippen LogP contribution in [0.4, 0.5) is 22.9 Å². The Morgan fingerprint density at radius 2 is 1.88 bits per heavy atom. The van der Waals surface area contributed by atoms with Crippen LogP contribution in [-0.4, -0.2) is 46.2 Å². The Labute approximate surface area is 190 Å². The van der Waals surface area contributed by atoms with Gasteiger partial charge in [0, 0.05) is 30.6 Å². The number of nitrogens with one attached hydrogen (secondary N) is 1. The molecule has 0 radical (unpaired) electrons. The van der Waals surface area contributed by atoms with Crippen molar-refractivity contribution >= 4 is 34.7 Å². The van der Waals surface area contributed by atoms with Gasteiger partial charge in [-0.1, -0.05) is 12.1 Å². The van der Waals surface area contributed by atoms with Crippen molar-refractivity contribution in [1.29, 1.82) is 0 Å². The number of carbonyl (C=O) groups excluding carboxylic acids is 2. The van der Waals surface area contributed by atoms with E-state index in [4.69, 9.17) is 4.74 Å². The number of pyridine rings is 1. The lowest BCUT2D eigenvalue weighted by Gasteiger charge is -2.31. The first kappa shape index (κ1) is 19.7. The van der Waals surface area contributed by atoms with E-state index in [1.807, 2.05) is 47.4 Å². The highest BCUT2D eigenvalue weighted by Gasteiger charge is 2.38. The highest BCUT2D eigenvalue weighted by molar-refractivity contribution is 5.98. The SMILES string of the molecule is O=C1CCCN1c1ccc(-c2ccc(Nc3cnc4c(c3)N3C(=O)CCC3CO4)nn2)cc1. The number of ether oxygens (including phenoxy) is 1. The van der Waals surface area contributed by atoms with Gasteiger partial charge >= 0.3 is 0 Å². The van der Waals surface area contributed by atoms with Gasteiger partial charge in [0.25, 0.3) is 0 Å². The molecular formula is C24H22N6O3. The quantitative estimate of drug-likeness (QED) is 0.662. The van der Waals surface area contributed by atoms with E-state index in [0.717, 1.165) is 36.3 Å². The van der Waals surface area contributed by atoms with Crippen LogP contribution in [0.15, 0.2) is 48.7 Å². The van der Waals surface area contributed by atoms with E-state index in [1.54, 1.807) is 11.1 Å². The third-order valence-corrected chi connectivity index (χ3v) is 6.31. The molecule has 3 aromatic rings. The zero-order chi connectivity index (χ0) is 22.4. The number of nitrogens with zero attached hydrogens (tertiary/aromatic N) is 5. The van der Waals surface area contributed by atoms with Gasteiger partial charge < -0.3 is 19.9 Å². The summed E-state index contributed by atoms with van der Waals surface area (Å²) in [5.41, 5.74) is 3.98. The van der Waals surface area contributed by atoms with E-state index in [2.05, 4.69) is 20.5 Å². The molecule has 166 valence electrons. The molecular weight excluding hydrogens is 420 g/mol. The number of anilines is 4. The van der Waals surface area contributed by atoms with Crippen molar-refractivity contribution in [1.82, 2.24) is 15.2 Å². The zero-order valence-corrected chi connectivity index (χ0v) is 17.9. The van der Waals surface area contributed by atoms with Crippen molar-refractivity contribution in [2.45, 2.75) is 31.7 Å². The Balaban J connectivity index is 1.18. The maximum Gasteiger partial charge on any atom is 0.238 e. The molecule has 2 amide bonds. The number of aromatic nitrogens is 3. The fourth-order valence-electron chi connectivity index (χ4n) is 4.63. The molecule has 0 aliphatic carbocycles. The molecule has 9 nitrogen and oxygen atoms in total. The fourth-order valence-corrected chi connectivity index (χ4v) is 4.63. The summed E-state index contributed by atoms with van der Waals surface area (Å²) in [6.07, 6.45) is 4.52. The average molecular weight is 442 g/mol. The number of rotatable bonds is 4. The van der Waals surface area contributed by atoms with E-state index in [1.165, 1.54) is 0 Å². The molecule has 3 aliphatic heterocycles. The van der Waals surface area contributed by atoms with Crippen LogP contribution in [0.3, 0.4) is 0 Å². The first-order valence-electron chi connectivity index (χ1n) is 11.1. The molecule has 1 aromatic carbocycles. The van der Waals surface area contributed by atoms with E-state index in [9.17, 15) is 9.59 Å². The summed E-state index contributed by atoms with van der Waals surface area (Å²) in [6, 6.07) is 13.5. The monoisotopic (exact) mass is 442 g/mol. The van der Waals surface area contributed by atoms with Crippen LogP contribution in [-0.2, 0) is 9.59 Å². The van der Waals surface area contributed by atoms with Crippen LogP contribution < -0.4 is 19.9 Å². The minimum absolute atomic E-state index is 0.0797. The van der Waals surface area contributed by atoms with E-state index in [0.29, 0.717) is 42.5 Å². The number of amides is 2. The second-order valence-electron chi connectivity index (χ2n) is 8.44. The van der Waals surface area contributed by atoms with Gasteiger partial charge in [-0.2, -0.15) is 0 Å². The Kier molecular flexibility index (Phi) is 4.67. The topological polar surface area (TPSA) is 101 Å². The molecule has 2 fully saturated rings. The highest BCUT2D eigenvalue weighted by Crippen LogP contribution is 2.39. The van der Waals surface area contributed by atoms with Gasteiger partial charge in [0.2, 0.25) is 17.7 Å². The minimum Gasteiger partial charge on any atom is -0.474 e. The second kappa shape index (κ2) is 7.84. The largest absolute Gasteiger partial charge is 0.474 e. The third-order valence-electron chi connectivity index (χ3n) is 6.31. The molecule has 1 atom stereocenters. The number of hydrogen-bond acceptors (Lipinski definition) is 7. The lowest BCUT2D eigenvalue weighted by Crippen LogP contribution is -2.40.